The second-order valence-electron chi connectivity index (χ2n) is 22.9. The molecule has 5 heterocycles. The van der Waals surface area contributed by atoms with Gasteiger partial charge < -0.3 is 18.3 Å². The van der Waals surface area contributed by atoms with Crippen LogP contribution in [-0.4, -0.2) is 33.2 Å². The van der Waals surface area contributed by atoms with Crippen LogP contribution in [0, 0.1) is 6.57 Å². The Morgan fingerprint density at radius 1 is 0.244 bits per heavy atom. The van der Waals surface area contributed by atoms with Crippen molar-refractivity contribution in [3.8, 4) is 79.2 Å². The SMILES string of the molecule is [C-]#[N+]c1ccccc1-c1ccc(-n2c3ccccc3c3cc(-n4c5ccccc5c5ccccc54)ccc32)c(-c2cccc(-n3c4ccccc4c4cc(-n5c6ccccc6c6ccccc65)ccc43)c2-c2nc(-c3ccccc3)nc(-c3ccccc3)n2)c1. The molecule has 0 aliphatic carbocycles. The van der Waals surface area contributed by atoms with Gasteiger partial charge in [-0.2, -0.15) is 0 Å². The predicted molar refractivity (Wildman–Crippen MR) is 371 cm³/mol. The van der Waals surface area contributed by atoms with E-state index in [-0.39, 0.29) is 0 Å². The molecule has 0 fully saturated rings. The van der Waals surface area contributed by atoms with E-state index in [1.807, 2.05) is 54.6 Å². The minimum Gasteiger partial charge on any atom is -0.309 e. The summed E-state index contributed by atoms with van der Waals surface area (Å²) in [5.74, 6) is 1.62. The molecule has 0 amide bonds. The smallest absolute Gasteiger partial charge is 0.194 e. The molecule has 0 atom stereocenters. The predicted octanol–water partition coefficient (Wildman–Crippen LogP) is 21.1. The summed E-state index contributed by atoms with van der Waals surface area (Å²) in [7, 11) is 0. The number of nitrogens with zero attached hydrogens (tertiary/aromatic N) is 8. The fourth-order valence-electron chi connectivity index (χ4n) is 14.2. The van der Waals surface area contributed by atoms with Crippen LogP contribution in [0.1, 0.15) is 0 Å². The van der Waals surface area contributed by atoms with Crippen molar-refractivity contribution < 1.29 is 0 Å². The topological polar surface area (TPSA) is 62.8 Å². The van der Waals surface area contributed by atoms with Gasteiger partial charge in [-0.3, -0.25) is 0 Å². The lowest BCUT2D eigenvalue weighted by Crippen LogP contribution is -2.06. The van der Waals surface area contributed by atoms with Crippen LogP contribution in [0.25, 0.3) is 171 Å². The number of hydrogen-bond donors (Lipinski definition) is 0. The Morgan fingerprint density at radius 3 is 1.10 bits per heavy atom. The normalized spacial score (nSPS) is 11.8. The highest BCUT2D eigenvalue weighted by Gasteiger charge is 2.27. The molecule has 0 N–H and O–H groups in total. The molecule has 0 unspecified atom stereocenters. The molecule has 0 bridgehead atoms. The Hall–Kier alpha value is -12.4. The fraction of sp³-hybridized carbons (Fsp3) is 0. The molecule has 0 saturated carbocycles. The number of fused-ring (bicyclic) bond motifs is 12. The number of hydrogen-bond acceptors (Lipinski definition) is 3. The summed E-state index contributed by atoms with van der Waals surface area (Å²) in [5, 5.41) is 9.32. The van der Waals surface area contributed by atoms with Gasteiger partial charge in [0.2, 0.25) is 0 Å². The second-order valence-corrected chi connectivity index (χ2v) is 22.9. The van der Waals surface area contributed by atoms with Crippen LogP contribution in [0.3, 0.4) is 0 Å². The van der Waals surface area contributed by atoms with Gasteiger partial charge in [-0.15, -0.1) is 0 Å². The molecular weight excluding hydrogens is 1100 g/mol. The first-order chi connectivity index (χ1) is 44.6. The third-order valence-electron chi connectivity index (χ3n) is 18.1. The van der Waals surface area contributed by atoms with Crippen molar-refractivity contribution in [1.29, 1.82) is 0 Å². The van der Waals surface area contributed by atoms with Crippen molar-refractivity contribution in [2.45, 2.75) is 0 Å². The van der Waals surface area contributed by atoms with Crippen LogP contribution in [0.5, 0.6) is 0 Å². The van der Waals surface area contributed by atoms with E-state index in [1.54, 1.807) is 0 Å². The average Bonchev–Trinajstić information content (AvgIpc) is 1.54. The van der Waals surface area contributed by atoms with Gasteiger partial charge in [-0.1, -0.05) is 212 Å². The van der Waals surface area contributed by atoms with Crippen molar-refractivity contribution in [3.05, 3.63) is 315 Å². The van der Waals surface area contributed by atoms with Crippen LogP contribution in [0.4, 0.5) is 5.69 Å². The Bertz CT molecular complexity index is 5830. The van der Waals surface area contributed by atoms with Crippen molar-refractivity contribution in [2.24, 2.45) is 0 Å². The molecule has 0 radical (unpaired) electrons. The maximum Gasteiger partial charge on any atom is 0.194 e. The van der Waals surface area contributed by atoms with Gasteiger partial charge in [0.25, 0.3) is 0 Å². The van der Waals surface area contributed by atoms with Crippen LogP contribution in [0.15, 0.2) is 303 Å². The van der Waals surface area contributed by atoms with Crippen molar-refractivity contribution in [3.63, 3.8) is 0 Å². The molecule has 0 aliphatic heterocycles. The Balaban J connectivity index is 0.948. The molecule has 418 valence electrons. The van der Waals surface area contributed by atoms with Crippen LogP contribution in [0.2, 0.25) is 0 Å². The van der Waals surface area contributed by atoms with Gasteiger partial charge in [-0.25, -0.2) is 19.8 Å². The van der Waals surface area contributed by atoms with Gasteiger partial charge in [0, 0.05) is 71.2 Å². The average molecular weight is 1150 g/mol. The zero-order valence-corrected chi connectivity index (χ0v) is 48.4. The lowest BCUT2D eigenvalue weighted by atomic mass is 9.92. The summed E-state index contributed by atoms with van der Waals surface area (Å²) in [6.07, 6.45) is 0. The van der Waals surface area contributed by atoms with E-state index in [2.05, 4.69) is 272 Å². The lowest BCUT2D eigenvalue weighted by molar-refractivity contribution is 1.06. The summed E-state index contributed by atoms with van der Waals surface area (Å²) >= 11 is 0. The van der Waals surface area contributed by atoms with Crippen molar-refractivity contribution >= 4 is 92.9 Å². The van der Waals surface area contributed by atoms with Crippen LogP contribution < -0.4 is 0 Å². The third kappa shape index (κ3) is 7.83. The standard InChI is InChI=1S/C82H50N8/c1-83-68-35-15-8-27-57(68)54-43-46-75(89-73-40-20-13-32-62(73)66-50-55(44-47-76(66)89)87-69-36-16-9-28-58(69)59-29-10-17-37-70(59)87)65(49-54)64-34-22-42-78(79(64)82-85-80(52-23-4-2-5-24-52)84-81(86-82)53-25-6-3-7-26-53)90-74-41-21-14-33-63(74)67-51-56(45-48-77(67)90)88-71-38-18-11-30-60(71)61-31-12-19-39-72(61)88/h2-51H. The van der Waals surface area contributed by atoms with E-state index in [1.165, 1.54) is 21.5 Å². The van der Waals surface area contributed by atoms with Crippen LogP contribution >= 0.6 is 0 Å². The number of rotatable bonds is 9. The molecule has 18 rings (SSSR count). The van der Waals surface area contributed by atoms with Crippen molar-refractivity contribution in [2.75, 3.05) is 0 Å². The minimum atomic E-state index is 0.511. The third-order valence-corrected chi connectivity index (χ3v) is 18.1. The zero-order chi connectivity index (χ0) is 59.4. The molecule has 90 heavy (non-hydrogen) atoms. The first kappa shape index (κ1) is 50.8. The van der Waals surface area contributed by atoms with E-state index in [4.69, 9.17) is 21.5 Å². The molecule has 8 nitrogen and oxygen atoms in total. The van der Waals surface area contributed by atoms with Crippen molar-refractivity contribution in [1.82, 2.24) is 33.2 Å². The highest BCUT2D eigenvalue weighted by molar-refractivity contribution is 6.15. The zero-order valence-electron chi connectivity index (χ0n) is 48.4. The largest absolute Gasteiger partial charge is 0.309 e. The number of benzene rings is 13. The quantitative estimate of drug-likeness (QED) is 0.135. The van der Waals surface area contributed by atoms with E-state index >= 15 is 0 Å². The number of aromatic nitrogens is 7. The maximum absolute atomic E-state index is 8.43. The maximum atomic E-state index is 8.43. The first-order valence-corrected chi connectivity index (χ1v) is 30.3. The molecule has 5 aromatic heterocycles. The highest BCUT2D eigenvalue weighted by atomic mass is 15.1. The molecule has 0 aliphatic rings. The monoisotopic (exact) mass is 1150 g/mol. The Labute approximate surface area is 517 Å². The summed E-state index contributed by atoms with van der Waals surface area (Å²) in [6, 6.07) is 108. The van der Waals surface area contributed by atoms with Crippen LogP contribution in [-0.2, 0) is 0 Å². The van der Waals surface area contributed by atoms with Gasteiger partial charge in [0.1, 0.15) is 0 Å². The summed E-state index contributed by atoms with van der Waals surface area (Å²) in [6.45, 7) is 8.43. The summed E-state index contributed by atoms with van der Waals surface area (Å²) in [4.78, 5) is 20.6. The number of para-hydroxylation sites is 7. The Morgan fingerprint density at radius 2 is 0.622 bits per heavy atom. The van der Waals surface area contributed by atoms with E-state index in [0.717, 1.165) is 127 Å². The van der Waals surface area contributed by atoms with E-state index in [0.29, 0.717) is 23.2 Å². The summed E-state index contributed by atoms with van der Waals surface area (Å²) in [5.41, 5.74) is 19.5. The molecular formula is C82H50N8. The highest BCUT2D eigenvalue weighted by Crippen LogP contribution is 2.47. The van der Waals surface area contributed by atoms with Gasteiger partial charge in [0.05, 0.1) is 67.6 Å². The van der Waals surface area contributed by atoms with E-state index in [9.17, 15) is 0 Å². The minimum absolute atomic E-state index is 0.511. The molecule has 18 aromatic rings. The second kappa shape index (κ2) is 20.3. The molecule has 13 aromatic carbocycles. The summed E-state index contributed by atoms with van der Waals surface area (Å²) < 4.78 is 9.61. The molecule has 8 heteroatoms. The van der Waals surface area contributed by atoms with E-state index < -0.39 is 0 Å². The van der Waals surface area contributed by atoms with Gasteiger partial charge >= 0.3 is 0 Å². The lowest BCUT2D eigenvalue weighted by Gasteiger charge is -2.22. The first-order valence-electron chi connectivity index (χ1n) is 30.3. The van der Waals surface area contributed by atoms with Gasteiger partial charge in [0.15, 0.2) is 23.2 Å². The molecule has 0 saturated heterocycles. The molecule has 0 spiro atoms. The van der Waals surface area contributed by atoms with Gasteiger partial charge in [-0.05, 0) is 108 Å². The Kier molecular flexibility index (Phi) is 11.5. The fourth-order valence-corrected chi connectivity index (χ4v) is 14.2.